The first-order valence-electron chi connectivity index (χ1n) is 12.1. The van der Waals surface area contributed by atoms with Crippen molar-refractivity contribution in [2.75, 3.05) is 36.0 Å². The number of anilines is 2. The largest absolute Gasteiger partial charge is 0.456 e. The summed E-state index contributed by atoms with van der Waals surface area (Å²) in [7, 11) is 0. The minimum atomic E-state index is -4.35. The fourth-order valence-corrected chi connectivity index (χ4v) is 7.00. The van der Waals surface area contributed by atoms with Crippen LogP contribution in [0.25, 0.3) is 0 Å². The molecule has 0 fully saturated rings. The Bertz CT molecular complexity index is 1050. The van der Waals surface area contributed by atoms with E-state index >= 15 is 0 Å². The van der Waals surface area contributed by atoms with Crippen LogP contribution < -0.4 is 14.5 Å². The Morgan fingerprint density at radius 3 is 1.56 bits per heavy atom. The van der Waals surface area contributed by atoms with E-state index in [0.717, 1.165) is 99.8 Å². The lowest BCUT2D eigenvalue weighted by atomic mass is 9.78. The third-order valence-corrected chi connectivity index (χ3v) is 8.16. The zero-order valence-corrected chi connectivity index (χ0v) is 18.2. The summed E-state index contributed by atoms with van der Waals surface area (Å²) in [5.74, 6) is -0.581. The van der Waals surface area contributed by atoms with Gasteiger partial charge >= 0.3 is 6.18 Å². The third-order valence-electron chi connectivity index (χ3n) is 8.16. The van der Waals surface area contributed by atoms with Gasteiger partial charge < -0.3 is 14.5 Å². The summed E-state index contributed by atoms with van der Waals surface area (Å²) < 4.78 is 50.8. The third kappa shape index (κ3) is 2.55. The number of alkyl halides is 3. The highest BCUT2D eigenvalue weighted by atomic mass is 19.4. The predicted molar refractivity (Wildman–Crippen MR) is 119 cm³/mol. The fourth-order valence-electron chi connectivity index (χ4n) is 7.00. The van der Waals surface area contributed by atoms with Crippen LogP contribution >= 0.6 is 0 Å². The lowest BCUT2D eigenvalue weighted by Crippen LogP contribution is -2.37. The second-order valence-corrected chi connectivity index (χ2v) is 10.0. The first-order valence-corrected chi connectivity index (χ1v) is 12.1. The number of benzene rings is 2. The van der Waals surface area contributed by atoms with Gasteiger partial charge in [-0.3, -0.25) is 0 Å². The zero-order valence-electron chi connectivity index (χ0n) is 18.2. The number of halogens is 3. The van der Waals surface area contributed by atoms with Gasteiger partial charge in [-0.05, 0) is 74.6 Å². The molecule has 0 unspecified atom stereocenters. The lowest BCUT2D eigenvalue weighted by molar-refractivity contribution is -0.142. The van der Waals surface area contributed by atoms with Gasteiger partial charge in [0.2, 0.25) is 0 Å². The molecule has 0 atom stereocenters. The van der Waals surface area contributed by atoms with Crippen LogP contribution in [-0.4, -0.2) is 32.4 Å². The quantitative estimate of drug-likeness (QED) is 0.509. The number of hydrogen-bond donors (Lipinski definition) is 0. The van der Waals surface area contributed by atoms with Gasteiger partial charge in [0.1, 0.15) is 17.4 Å². The molecule has 2 aromatic rings. The van der Waals surface area contributed by atoms with E-state index in [9.17, 15) is 13.2 Å². The molecule has 0 radical (unpaired) electrons. The summed E-state index contributed by atoms with van der Waals surface area (Å²) in [6.07, 6.45) is 2.92. The standard InChI is InChI=1S/C26H27F3N2O/c27-26(28,29)21-19-13-15-5-1-9-30-11-3-7-17(22(15)30)24(19)32-25-18-8-4-12-31-10-2-6-16(23(18)31)14-20(21)25/h13-14,21H,1-12H2. The van der Waals surface area contributed by atoms with Crippen LogP contribution in [0, 0.1) is 0 Å². The molecule has 5 aliphatic rings. The highest BCUT2D eigenvalue weighted by molar-refractivity contribution is 5.76. The smallest absolute Gasteiger partial charge is 0.399 e. The van der Waals surface area contributed by atoms with Gasteiger partial charge in [-0.15, -0.1) is 0 Å². The van der Waals surface area contributed by atoms with Crippen molar-refractivity contribution in [3.8, 4) is 11.5 Å². The van der Waals surface area contributed by atoms with Gasteiger partial charge in [-0.25, -0.2) is 0 Å². The van der Waals surface area contributed by atoms with Crippen LogP contribution in [0.15, 0.2) is 12.1 Å². The van der Waals surface area contributed by atoms with Crippen molar-refractivity contribution in [1.29, 1.82) is 0 Å². The van der Waals surface area contributed by atoms with Crippen molar-refractivity contribution in [2.24, 2.45) is 0 Å². The maximum atomic E-state index is 14.7. The van der Waals surface area contributed by atoms with Crippen molar-refractivity contribution < 1.29 is 17.9 Å². The number of ether oxygens (including phenoxy) is 1. The van der Waals surface area contributed by atoms with Gasteiger partial charge in [-0.1, -0.05) is 0 Å². The number of hydrogen-bond acceptors (Lipinski definition) is 3. The van der Waals surface area contributed by atoms with Crippen LogP contribution in [-0.2, 0) is 25.7 Å². The second-order valence-electron chi connectivity index (χ2n) is 10.0. The van der Waals surface area contributed by atoms with E-state index in [1.54, 1.807) is 0 Å². The minimum absolute atomic E-state index is 0.345. The lowest BCUT2D eigenvalue weighted by Gasteiger charge is -2.43. The molecule has 7 rings (SSSR count). The van der Waals surface area contributed by atoms with E-state index in [-0.39, 0.29) is 0 Å². The molecule has 6 heteroatoms. The van der Waals surface area contributed by atoms with Crippen LogP contribution in [0.3, 0.4) is 0 Å². The van der Waals surface area contributed by atoms with E-state index in [1.165, 1.54) is 11.4 Å². The Balaban J connectivity index is 1.51. The molecule has 0 bridgehead atoms. The molecule has 5 heterocycles. The topological polar surface area (TPSA) is 15.7 Å². The van der Waals surface area contributed by atoms with Crippen molar-refractivity contribution in [3.63, 3.8) is 0 Å². The molecule has 0 spiro atoms. The van der Waals surface area contributed by atoms with Gasteiger partial charge in [0.15, 0.2) is 0 Å². The van der Waals surface area contributed by atoms with Crippen LogP contribution in [0.5, 0.6) is 11.5 Å². The van der Waals surface area contributed by atoms with Gasteiger partial charge in [0.05, 0.1) is 0 Å². The van der Waals surface area contributed by atoms with Crippen LogP contribution in [0.1, 0.15) is 65.0 Å². The molecule has 3 nitrogen and oxygen atoms in total. The molecule has 5 aliphatic heterocycles. The molecular weight excluding hydrogens is 413 g/mol. The number of fused-ring (bicyclic) bond motifs is 4. The summed E-state index contributed by atoms with van der Waals surface area (Å²) in [4.78, 5) is 4.75. The fraction of sp³-hybridized carbons (Fsp3) is 0.538. The minimum Gasteiger partial charge on any atom is -0.456 e. The molecule has 0 aliphatic carbocycles. The highest BCUT2D eigenvalue weighted by Crippen LogP contribution is 2.58. The summed E-state index contributed by atoms with van der Waals surface area (Å²) in [5.41, 5.74) is 7.21. The summed E-state index contributed by atoms with van der Waals surface area (Å²) in [6, 6.07) is 3.67. The first-order chi connectivity index (χ1) is 15.5. The van der Waals surface area contributed by atoms with E-state index in [4.69, 9.17) is 4.74 Å². The molecule has 0 aromatic heterocycles. The normalized spacial score (nSPS) is 21.3. The molecule has 0 amide bonds. The molecule has 0 saturated heterocycles. The SMILES string of the molecule is FC(F)(F)C1c2cc3c4c(c2Oc2c1cc1c5c2CCCN5CCC1)CCCN4CCC3. The molecule has 0 saturated carbocycles. The Hall–Kier alpha value is -2.37. The van der Waals surface area contributed by atoms with E-state index in [2.05, 4.69) is 9.80 Å². The van der Waals surface area contributed by atoms with Crippen molar-refractivity contribution in [3.05, 3.63) is 45.5 Å². The summed E-state index contributed by atoms with van der Waals surface area (Å²) >= 11 is 0. The van der Waals surface area contributed by atoms with Gasteiger partial charge in [0.25, 0.3) is 0 Å². The number of rotatable bonds is 0. The van der Waals surface area contributed by atoms with Crippen molar-refractivity contribution in [2.45, 2.75) is 63.5 Å². The van der Waals surface area contributed by atoms with Gasteiger partial charge in [0, 0.05) is 59.8 Å². The average Bonchev–Trinajstić information content (AvgIpc) is 2.78. The van der Waals surface area contributed by atoms with E-state index in [1.807, 2.05) is 12.1 Å². The summed E-state index contributed by atoms with van der Waals surface area (Å²) in [6.45, 7) is 3.97. The molecule has 0 N–H and O–H groups in total. The van der Waals surface area contributed by atoms with Crippen molar-refractivity contribution >= 4 is 11.4 Å². The summed E-state index contributed by atoms with van der Waals surface area (Å²) in [5, 5.41) is 0. The first kappa shape index (κ1) is 19.1. The maximum Gasteiger partial charge on any atom is 0.399 e. The monoisotopic (exact) mass is 440 g/mol. The van der Waals surface area contributed by atoms with Gasteiger partial charge in [-0.2, -0.15) is 13.2 Å². The van der Waals surface area contributed by atoms with Crippen molar-refractivity contribution in [1.82, 2.24) is 0 Å². The number of nitrogens with zero attached hydrogens (tertiary/aromatic N) is 2. The van der Waals surface area contributed by atoms with Crippen LogP contribution in [0.2, 0.25) is 0 Å². The average molecular weight is 441 g/mol. The van der Waals surface area contributed by atoms with E-state index in [0.29, 0.717) is 22.6 Å². The Morgan fingerprint density at radius 2 is 1.12 bits per heavy atom. The van der Waals surface area contributed by atoms with Crippen LogP contribution in [0.4, 0.5) is 24.5 Å². The maximum absolute atomic E-state index is 14.7. The Kier molecular flexibility index (Phi) is 3.93. The molecule has 2 aromatic carbocycles. The molecular formula is C26H27F3N2O. The predicted octanol–water partition coefficient (Wildman–Crippen LogP) is 5.88. The van der Waals surface area contributed by atoms with E-state index < -0.39 is 12.1 Å². The Labute approximate surface area is 186 Å². The number of aryl methyl sites for hydroxylation is 2. The highest BCUT2D eigenvalue weighted by Gasteiger charge is 2.50. The molecule has 168 valence electrons. The second kappa shape index (κ2) is 6.58. The Morgan fingerprint density at radius 1 is 0.688 bits per heavy atom. The molecule has 32 heavy (non-hydrogen) atoms. The zero-order chi connectivity index (χ0) is 21.6.